The Bertz CT molecular complexity index is 668. The summed E-state index contributed by atoms with van der Waals surface area (Å²) in [4.78, 5) is 11.2. The topological polar surface area (TPSA) is 59.3 Å². The Morgan fingerprint density at radius 3 is 2.43 bits per heavy atom. The lowest BCUT2D eigenvalue weighted by molar-refractivity contribution is -0.140. The fraction of sp³-hybridized carbons (Fsp3) is 0.444. The Morgan fingerprint density at radius 2 is 1.91 bits per heavy atom. The molecule has 5 heteroatoms. The third-order valence-electron chi connectivity index (χ3n) is 3.96. The van der Waals surface area contributed by atoms with Crippen molar-refractivity contribution in [2.24, 2.45) is 0 Å². The second-order valence-electron chi connectivity index (χ2n) is 5.39. The van der Waals surface area contributed by atoms with Gasteiger partial charge < -0.3 is 9.47 Å². The highest BCUT2D eigenvalue weighted by atomic mass is 35.5. The van der Waals surface area contributed by atoms with Crippen LogP contribution in [0.4, 0.5) is 0 Å². The number of nitriles is 1. The van der Waals surface area contributed by atoms with Crippen molar-refractivity contribution in [2.45, 2.75) is 40.0 Å². The van der Waals surface area contributed by atoms with E-state index in [1.165, 1.54) is 7.11 Å². The monoisotopic (exact) mass is 335 g/mol. The molecule has 0 aliphatic carbocycles. The third-order valence-corrected chi connectivity index (χ3v) is 4.38. The van der Waals surface area contributed by atoms with E-state index in [0.29, 0.717) is 35.6 Å². The van der Waals surface area contributed by atoms with E-state index >= 15 is 0 Å². The van der Waals surface area contributed by atoms with Crippen LogP contribution in [0.25, 0.3) is 0 Å². The molecule has 0 unspecified atom stereocenters. The van der Waals surface area contributed by atoms with Gasteiger partial charge in [-0.25, -0.2) is 0 Å². The van der Waals surface area contributed by atoms with Gasteiger partial charge in [-0.05, 0) is 44.7 Å². The molecule has 0 heterocycles. The van der Waals surface area contributed by atoms with Crippen molar-refractivity contribution in [3.05, 3.63) is 38.9 Å². The van der Waals surface area contributed by atoms with Gasteiger partial charge in [0.25, 0.3) is 0 Å². The maximum absolute atomic E-state index is 11.2. The molecule has 0 spiro atoms. The fourth-order valence-electron chi connectivity index (χ4n) is 2.37. The molecular formula is C18H22ClNO3. The number of rotatable bonds is 6. The van der Waals surface area contributed by atoms with Crippen LogP contribution in [0.2, 0.25) is 5.02 Å². The number of carbonyl (C=O) groups is 1. The van der Waals surface area contributed by atoms with Gasteiger partial charge in [0.1, 0.15) is 11.8 Å². The van der Waals surface area contributed by atoms with Crippen LogP contribution >= 0.6 is 11.6 Å². The van der Waals surface area contributed by atoms with E-state index in [0.717, 1.165) is 22.3 Å². The molecule has 0 fully saturated rings. The first kappa shape index (κ1) is 19.1. The number of esters is 1. The quantitative estimate of drug-likeness (QED) is 0.575. The van der Waals surface area contributed by atoms with Crippen molar-refractivity contribution in [3.63, 3.8) is 0 Å². The Labute approximate surface area is 142 Å². The molecule has 0 atom stereocenters. The molecule has 0 amide bonds. The summed E-state index contributed by atoms with van der Waals surface area (Å²) < 4.78 is 10.1. The van der Waals surface area contributed by atoms with Crippen molar-refractivity contribution in [1.82, 2.24) is 0 Å². The molecule has 124 valence electrons. The first-order chi connectivity index (χ1) is 10.9. The van der Waals surface area contributed by atoms with Crippen LogP contribution in [-0.2, 0) is 16.0 Å². The standard InChI is InChI=1S/C18H22ClNO3/c1-11(7-9-16(21)22-4)6-8-14-17(19)15(10-20)12(2)13(3)18(14)23-5/h6H,7-9H2,1-5H3/b11-6+. The lowest BCUT2D eigenvalue weighted by atomic mass is 9.96. The van der Waals surface area contributed by atoms with E-state index in [1.54, 1.807) is 7.11 Å². The van der Waals surface area contributed by atoms with Crippen molar-refractivity contribution < 1.29 is 14.3 Å². The van der Waals surface area contributed by atoms with Gasteiger partial charge in [-0.15, -0.1) is 0 Å². The van der Waals surface area contributed by atoms with Gasteiger partial charge >= 0.3 is 5.97 Å². The third kappa shape index (κ3) is 4.49. The second kappa shape index (κ2) is 8.59. The summed E-state index contributed by atoms with van der Waals surface area (Å²) in [5, 5.41) is 9.75. The van der Waals surface area contributed by atoms with Crippen molar-refractivity contribution >= 4 is 17.6 Å². The first-order valence-corrected chi connectivity index (χ1v) is 7.73. The first-order valence-electron chi connectivity index (χ1n) is 7.35. The lowest BCUT2D eigenvalue weighted by Crippen LogP contribution is -2.02. The van der Waals surface area contributed by atoms with E-state index in [-0.39, 0.29) is 5.97 Å². The second-order valence-corrected chi connectivity index (χ2v) is 5.77. The van der Waals surface area contributed by atoms with Crippen molar-refractivity contribution in [2.75, 3.05) is 14.2 Å². The molecule has 0 saturated heterocycles. The van der Waals surface area contributed by atoms with E-state index < -0.39 is 0 Å². The minimum Gasteiger partial charge on any atom is -0.496 e. The Hall–Kier alpha value is -1.99. The lowest BCUT2D eigenvalue weighted by Gasteiger charge is -2.16. The zero-order chi connectivity index (χ0) is 17.6. The zero-order valence-corrected chi connectivity index (χ0v) is 15.0. The van der Waals surface area contributed by atoms with Gasteiger partial charge in [-0.2, -0.15) is 5.26 Å². The predicted octanol–water partition coefficient (Wildman–Crippen LogP) is 4.28. The van der Waals surface area contributed by atoms with E-state index in [2.05, 4.69) is 10.8 Å². The predicted molar refractivity (Wildman–Crippen MR) is 90.9 cm³/mol. The molecule has 0 aliphatic rings. The number of methoxy groups -OCH3 is 2. The van der Waals surface area contributed by atoms with Crippen LogP contribution in [-0.4, -0.2) is 20.2 Å². The Morgan fingerprint density at radius 1 is 1.26 bits per heavy atom. The zero-order valence-electron chi connectivity index (χ0n) is 14.2. The minimum atomic E-state index is -0.230. The molecule has 0 saturated carbocycles. The molecule has 1 aromatic rings. The summed E-state index contributed by atoms with van der Waals surface area (Å²) in [5.74, 6) is 0.481. The number of hydrogen-bond acceptors (Lipinski definition) is 4. The molecule has 23 heavy (non-hydrogen) atoms. The fourth-order valence-corrected chi connectivity index (χ4v) is 2.72. The number of ether oxygens (including phenoxy) is 2. The average molecular weight is 336 g/mol. The molecule has 4 nitrogen and oxygen atoms in total. The molecular weight excluding hydrogens is 314 g/mol. The van der Waals surface area contributed by atoms with Crippen LogP contribution in [0, 0.1) is 25.2 Å². The number of benzene rings is 1. The highest BCUT2D eigenvalue weighted by molar-refractivity contribution is 6.33. The normalized spacial score (nSPS) is 11.1. The number of allylic oxidation sites excluding steroid dienone is 2. The number of hydrogen-bond donors (Lipinski definition) is 0. The Balaban J connectivity index is 3.11. The highest BCUT2D eigenvalue weighted by Gasteiger charge is 2.18. The van der Waals surface area contributed by atoms with E-state index in [4.69, 9.17) is 16.3 Å². The molecule has 0 aromatic heterocycles. The number of nitrogens with zero attached hydrogens (tertiary/aromatic N) is 1. The van der Waals surface area contributed by atoms with Crippen molar-refractivity contribution in [1.29, 1.82) is 5.26 Å². The van der Waals surface area contributed by atoms with E-state index in [1.807, 2.05) is 26.8 Å². The van der Waals surface area contributed by atoms with Gasteiger partial charge in [0, 0.05) is 12.0 Å². The summed E-state index contributed by atoms with van der Waals surface area (Å²) >= 11 is 6.40. The van der Waals surface area contributed by atoms with Crippen molar-refractivity contribution in [3.8, 4) is 11.8 Å². The summed E-state index contributed by atoms with van der Waals surface area (Å²) in [6.07, 6.45) is 3.52. The van der Waals surface area contributed by atoms with Gasteiger partial charge in [0.05, 0.1) is 24.8 Å². The molecule has 0 bridgehead atoms. The smallest absolute Gasteiger partial charge is 0.305 e. The maximum atomic E-state index is 11.2. The molecule has 0 N–H and O–H groups in total. The largest absolute Gasteiger partial charge is 0.496 e. The Kier molecular flexibility index (Phi) is 7.12. The van der Waals surface area contributed by atoms with Crippen LogP contribution in [0.1, 0.15) is 42.0 Å². The molecule has 1 aromatic carbocycles. The molecule has 0 aliphatic heterocycles. The van der Waals surface area contributed by atoms with Gasteiger partial charge in [0.15, 0.2) is 0 Å². The summed E-state index contributed by atoms with van der Waals surface area (Å²) in [5.41, 5.74) is 4.10. The number of halogens is 1. The van der Waals surface area contributed by atoms with Crippen LogP contribution in [0.3, 0.4) is 0 Å². The maximum Gasteiger partial charge on any atom is 0.305 e. The highest BCUT2D eigenvalue weighted by Crippen LogP contribution is 2.36. The van der Waals surface area contributed by atoms with Gasteiger partial charge in [-0.1, -0.05) is 23.3 Å². The van der Waals surface area contributed by atoms with Crippen LogP contribution < -0.4 is 4.74 Å². The van der Waals surface area contributed by atoms with Crippen LogP contribution in [0.5, 0.6) is 5.75 Å². The summed E-state index contributed by atoms with van der Waals surface area (Å²) in [6, 6.07) is 2.16. The summed E-state index contributed by atoms with van der Waals surface area (Å²) in [7, 11) is 2.98. The molecule has 1 rings (SSSR count). The number of carbonyl (C=O) groups excluding carboxylic acids is 1. The van der Waals surface area contributed by atoms with Gasteiger partial charge in [0.2, 0.25) is 0 Å². The molecule has 0 radical (unpaired) electrons. The average Bonchev–Trinajstić information content (AvgIpc) is 2.55. The van der Waals surface area contributed by atoms with Crippen LogP contribution in [0.15, 0.2) is 11.6 Å². The summed E-state index contributed by atoms with van der Waals surface area (Å²) in [6.45, 7) is 5.74. The van der Waals surface area contributed by atoms with Gasteiger partial charge in [-0.3, -0.25) is 4.79 Å². The minimum absolute atomic E-state index is 0.230. The van der Waals surface area contributed by atoms with E-state index in [9.17, 15) is 10.1 Å². The SMILES string of the molecule is COC(=O)CC/C(C)=C/Cc1c(Cl)c(C#N)c(C)c(C)c1OC.